The molecule has 0 saturated carbocycles. The highest BCUT2D eigenvalue weighted by Gasteiger charge is 1.78. The summed E-state index contributed by atoms with van der Waals surface area (Å²) in [4.78, 5) is 0. The molecule has 0 aromatic heterocycles. The fourth-order valence-electron chi connectivity index (χ4n) is 0.330. The summed E-state index contributed by atoms with van der Waals surface area (Å²) in [5, 5.41) is 6.78. The van der Waals surface area contributed by atoms with Gasteiger partial charge in [0.05, 0.1) is 0 Å². The quantitative estimate of drug-likeness (QED) is 0.450. The predicted molar refractivity (Wildman–Crippen MR) is 46.4 cm³/mol. The van der Waals surface area contributed by atoms with Crippen molar-refractivity contribution >= 4 is 6.21 Å². The lowest BCUT2D eigenvalue weighted by Gasteiger charge is -1.86. The molecule has 0 aromatic rings. The van der Waals surface area contributed by atoms with Gasteiger partial charge in [0.15, 0.2) is 0 Å². The highest BCUT2D eigenvalue weighted by molar-refractivity contribution is 5.78. The van der Waals surface area contributed by atoms with Crippen molar-refractivity contribution in [2.24, 2.45) is 0 Å². The molecule has 0 saturated heterocycles. The van der Waals surface area contributed by atoms with Crippen LogP contribution in [0.3, 0.4) is 0 Å². The molecule has 0 heterocycles. The van der Waals surface area contributed by atoms with Crippen LogP contribution in [-0.4, -0.2) is 6.21 Å². The Balaban J connectivity index is 3.98. The zero-order valence-electron chi connectivity index (χ0n) is 5.93. The highest BCUT2D eigenvalue weighted by Crippen LogP contribution is 1.95. The minimum absolute atomic E-state index is 0.656. The molecule has 0 fully saturated rings. The van der Waals surface area contributed by atoms with Crippen molar-refractivity contribution in [1.29, 1.82) is 5.41 Å². The molecule has 10 heavy (non-hydrogen) atoms. The molecule has 1 heteroatoms. The number of hydrogen-bond acceptors (Lipinski definition) is 1. The molecule has 0 bridgehead atoms. The second kappa shape index (κ2) is 4.50. The third-order valence-electron chi connectivity index (χ3n) is 0.959. The van der Waals surface area contributed by atoms with Gasteiger partial charge in [0.25, 0.3) is 0 Å². The average Bonchev–Trinajstić information content (AvgIpc) is 1.99. The van der Waals surface area contributed by atoms with Gasteiger partial charge in [0.2, 0.25) is 0 Å². The summed E-state index contributed by atoms with van der Waals surface area (Å²) in [6.45, 7) is 10.8. The van der Waals surface area contributed by atoms with Crippen LogP contribution in [0.2, 0.25) is 0 Å². The van der Waals surface area contributed by atoms with Gasteiger partial charge in [0.1, 0.15) is 0 Å². The molecule has 0 atom stereocenters. The van der Waals surface area contributed by atoms with E-state index in [1.165, 1.54) is 6.21 Å². The molecule has 0 aliphatic carbocycles. The van der Waals surface area contributed by atoms with Crippen molar-refractivity contribution in [2.45, 2.75) is 0 Å². The third-order valence-corrected chi connectivity index (χ3v) is 0.959. The Morgan fingerprint density at radius 3 is 2.00 bits per heavy atom. The van der Waals surface area contributed by atoms with E-state index in [0.29, 0.717) is 5.57 Å². The second-order valence-electron chi connectivity index (χ2n) is 1.83. The maximum absolute atomic E-state index is 6.78. The SMILES string of the molecule is C=CC(=C)/C=C\C(=C)C=N. The Morgan fingerprint density at radius 2 is 1.60 bits per heavy atom. The number of nitrogens with one attached hydrogen (secondary N) is 1. The first kappa shape index (κ1) is 8.63. The average molecular weight is 133 g/mol. The number of rotatable bonds is 4. The normalized spacial score (nSPS) is 9.20. The van der Waals surface area contributed by atoms with E-state index in [1.54, 1.807) is 18.2 Å². The van der Waals surface area contributed by atoms with Gasteiger partial charge in [-0.25, -0.2) is 0 Å². The van der Waals surface area contributed by atoms with Gasteiger partial charge in [-0.3, -0.25) is 0 Å². The van der Waals surface area contributed by atoms with Crippen LogP contribution in [0.5, 0.6) is 0 Å². The van der Waals surface area contributed by atoms with Crippen LogP contribution >= 0.6 is 0 Å². The number of allylic oxidation sites excluding steroid dienone is 5. The summed E-state index contributed by atoms with van der Waals surface area (Å²) in [5.41, 5.74) is 1.48. The van der Waals surface area contributed by atoms with Crippen molar-refractivity contribution in [3.8, 4) is 0 Å². The zero-order chi connectivity index (χ0) is 7.98. The molecule has 0 aliphatic rings. The predicted octanol–water partition coefficient (Wildman–Crippen LogP) is 2.49. The summed E-state index contributed by atoms with van der Waals surface area (Å²) >= 11 is 0. The fourth-order valence-corrected chi connectivity index (χ4v) is 0.330. The highest BCUT2D eigenvalue weighted by atomic mass is 14.3. The largest absolute Gasteiger partial charge is 0.308 e. The summed E-state index contributed by atoms with van der Waals surface area (Å²) in [6, 6.07) is 0. The van der Waals surface area contributed by atoms with Crippen LogP contribution in [0.25, 0.3) is 0 Å². The fraction of sp³-hybridized carbons (Fsp3) is 0. The Hall–Kier alpha value is -1.37. The van der Waals surface area contributed by atoms with Gasteiger partial charge in [-0.05, 0) is 11.1 Å². The van der Waals surface area contributed by atoms with Gasteiger partial charge in [-0.15, -0.1) is 0 Å². The molecule has 0 unspecified atom stereocenters. The zero-order valence-corrected chi connectivity index (χ0v) is 5.93. The minimum Gasteiger partial charge on any atom is -0.308 e. The first-order valence-corrected chi connectivity index (χ1v) is 2.89. The molecule has 0 radical (unpaired) electrons. The van der Waals surface area contributed by atoms with Crippen LogP contribution in [0.1, 0.15) is 0 Å². The molecule has 0 amide bonds. The lowest BCUT2D eigenvalue weighted by Crippen LogP contribution is -1.73. The van der Waals surface area contributed by atoms with Gasteiger partial charge < -0.3 is 5.41 Å². The van der Waals surface area contributed by atoms with Crippen LogP contribution in [0.15, 0.2) is 49.1 Å². The molecule has 0 aliphatic heterocycles. The van der Waals surface area contributed by atoms with E-state index in [1.807, 2.05) is 0 Å². The summed E-state index contributed by atoms with van der Waals surface area (Å²) in [6.07, 6.45) is 6.32. The van der Waals surface area contributed by atoms with E-state index in [0.717, 1.165) is 5.57 Å². The molecule has 52 valence electrons. The lowest BCUT2D eigenvalue weighted by atomic mass is 10.2. The molecule has 0 spiro atoms. The van der Waals surface area contributed by atoms with E-state index in [9.17, 15) is 0 Å². The van der Waals surface area contributed by atoms with Crippen LogP contribution < -0.4 is 0 Å². The van der Waals surface area contributed by atoms with Crippen molar-refractivity contribution in [3.63, 3.8) is 0 Å². The maximum atomic E-state index is 6.78. The molecule has 1 N–H and O–H groups in total. The van der Waals surface area contributed by atoms with E-state index in [2.05, 4.69) is 19.7 Å². The van der Waals surface area contributed by atoms with E-state index >= 15 is 0 Å². The first-order valence-electron chi connectivity index (χ1n) is 2.89. The van der Waals surface area contributed by atoms with Crippen molar-refractivity contribution in [2.75, 3.05) is 0 Å². The molecular formula is C9H11N. The van der Waals surface area contributed by atoms with Gasteiger partial charge in [-0.1, -0.05) is 38.0 Å². The van der Waals surface area contributed by atoms with E-state index < -0.39 is 0 Å². The maximum Gasteiger partial charge on any atom is 0.0244 e. The Labute approximate surface area is 61.6 Å². The Morgan fingerprint density at radius 1 is 1.10 bits per heavy atom. The second-order valence-corrected chi connectivity index (χ2v) is 1.83. The Bertz CT molecular complexity index is 175. The minimum atomic E-state index is 0.656. The third kappa shape index (κ3) is 3.61. The Kier molecular flexibility index (Phi) is 3.89. The van der Waals surface area contributed by atoms with Crippen molar-refractivity contribution in [3.05, 3.63) is 49.1 Å². The first-order chi connectivity index (χ1) is 4.70. The topological polar surface area (TPSA) is 23.9 Å². The monoisotopic (exact) mass is 133 g/mol. The molecule has 0 rings (SSSR count). The van der Waals surface area contributed by atoms with E-state index in [-0.39, 0.29) is 0 Å². The van der Waals surface area contributed by atoms with Crippen LogP contribution in [-0.2, 0) is 0 Å². The van der Waals surface area contributed by atoms with Gasteiger partial charge >= 0.3 is 0 Å². The standard InChI is InChI=1S/C9H11N/c1-4-8(2)5-6-9(3)7-10/h4-7,10H,1-3H2/b6-5-,10-7?. The van der Waals surface area contributed by atoms with E-state index in [4.69, 9.17) is 5.41 Å². The number of hydrogen-bond donors (Lipinski definition) is 1. The lowest BCUT2D eigenvalue weighted by molar-refractivity contribution is 1.56. The van der Waals surface area contributed by atoms with Crippen molar-refractivity contribution in [1.82, 2.24) is 0 Å². The van der Waals surface area contributed by atoms with Crippen molar-refractivity contribution < 1.29 is 0 Å². The van der Waals surface area contributed by atoms with Crippen LogP contribution in [0.4, 0.5) is 0 Å². The molecular weight excluding hydrogens is 122 g/mol. The molecule has 1 nitrogen and oxygen atoms in total. The van der Waals surface area contributed by atoms with Gasteiger partial charge in [0, 0.05) is 6.21 Å². The molecule has 0 aromatic carbocycles. The smallest absolute Gasteiger partial charge is 0.0244 e. The van der Waals surface area contributed by atoms with Crippen LogP contribution in [0, 0.1) is 5.41 Å². The summed E-state index contributed by atoms with van der Waals surface area (Å²) in [5.74, 6) is 0. The van der Waals surface area contributed by atoms with Gasteiger partial charge in [-0.2, -0.15) is 0 Å². The summed E-state index contributed by atoms with van der Waals surface area (Å²) < 4.78 is 0. The summed E-state index contributed by atoms with van der Waals surface area (Å²) in [7, 11) is 0.